The molecule has 1 N–H and O–H groups in total. The van der Waals surface area contributed by atoms with Crippen LogP contribution in [0.15, 0.2) is 23.1 Å². The highest BCUT2D eigenvalue weighted by molar-refractivity contribution is 7.89. The lowest BCUT2D eigenvalue weighted by atomic mass is 9.92. The Morgan fingerprint density at radius 3 is 2.50 bits per heavy atom. The summed E-state index contributed by atoms with van der Waals surface area (Å²) in [6.45, 7) is 2.27. The molecule has 0 saturated carbocycles. The van der Waals surface area contributed by atoms with Crippen LogP contribution in [0.2, 0.25) is 0 Å². The zero-order valence-corrected chi connectivity index (χ0v) is 14.2. The van der Waals surface area contributed by atoms with Crippen molar-refractivity contribution in [3.8, 4) is 0 Å². The van der Waals surface area contributed by atoms with Crippen molar-refractivity contribution in [1.82, 2.24) is 9.62 Å². The zero-order valence-electron chi connectivity index (χ0n) is 13.3. The number of fused-ring (bicyclic) bond motifs is 1. The van der Waals surface area contributed by atoms with E-state index in [1.807, 2.05) is 19.2 Å². The highest BCUT2D eigenvalue weighted by Crippen LogP contribution is 2.27. The average molecular weight is 322 g/mol. The molecule has 3 rings (SSSR count). The van der Waals surface area contributed by atoms with Crippen molar-refractivity contribution in [2.45, 2.75) is 43.4 Å². The van der Waals surface area contributed by atoms with Crippen LogP contribution in [0.5, 0.6) is 0 Å². The summed E-state index contributed by atoms with van der Waals surface area (Å²) < 4.78 is 27.4. The lowest BCUT2D eigenvalue weighted by Gasteiger charge is -2.31. The number of nitrogens with zero attached hydrogens (tertiary/aromatic N) is 1. The van der Waals surface area contributed by atoms with Gasteiger partial charge < -0.3 is 5.32 Å². The second-order valence-corrected chi connectivity index (χ2v) is 8.48. The molecule has 4 nitrogen and oxygen atoms in total. The average Bonchev–Trinajstić information content (AvgIpc) is 2.55. The lowest BCUT2D eigenvalue weighted by molar-refractivity contribution is 0.270. The van der Waals surface area contributed by atoms with Gasteiger partial charge in [-0.05, 0) is 81.3 Å². The fraction of sp³-hybridized carbons (Fsp3) is 0.647. The van der Waals surface area contributed by atoms with E-state index in [1.165, 1.54) is 24.0 Å². The molecule has 1 aliphatic heterocycles. The molecule has 0 bridgehead atoms. The Morgan fingerprint density at radius 1 is 1.14 bits per heavy atom. The maximum Gasteiger partial charge on any atom is 0.243 e. The molecule has 0 aromatic heterocycles. The normalized spacial score (nSPS) is 20.8. The summed E-state index contributed by atoms with van der Waals surface area (Å²) >= 11 is 0. The third kappa shape index (κ3) is 3.21. The van der Waals surface area contributed by atoms with E-state index < -0.39 is 10.0 Å². The summed E-state index contributed by atoms with van der Waals surface area (Å²) in [5.41, 5.74) is 2.57. The number of sulfonamides is 1. The largest absolute Gasteiger partial charge is 0.319 e. The quantitative estimate of drug-likeness (QED) is 0.924. The van der Waals surface area contributed by atoms with Gasteiger partial charge in [-0.2, -0.15) is 4.31 Å². The van der Waals surface area contributed by atoms with Gasteiger partial charge in [0.15, 0.2) is 0 Å². The van der Waals surface area contributed by atoms with Gasteiger partial charge in [-0.15, -0.1) is 0 Å². The van der Waals surface area contributed by atoms with Crippen LogP contribution in [0, 0.1) is 5.92 Å². The van der Waals surface area contributed by atoms with Crippen LogP contribution >= 0.6 is 0 Å². The molecule has 0 unspecified atom stereocenters. The molecule has 1 heterocycles. The van der Waals surface area contributed by atoms with Crippen LogP contribution in [0.1, 0.15) is 36.8 Å². The van der Waals surface area contributed by atoms with E-state index in [1.54, 1.807) is 10.4 Å². The van der Waals surface area contributed by atoms with Crippen molar-refractivity contribution in [2.75, 3.05) is 26.7 Å². The minimum absolute atomic E-state index is 0.486. The number of benzene rings is 1. The number of rotatable bonds is 4. The molecule has 0 atom stereocenters. The molecule has 1 aromatic carbocycles. The van der Waals surface area contributed by atoms with Gasteiger partial charge in [-0.3, -0.25) is 0 Å². The molecule has 22 heavy (non-hydrogen) atoms. The second-order valence-electron chi connectivity index (χ2n) is 6.54. The predicted molar refractivity (Wildman–Crippen MR) is 88.5 cm³/mol. The molecule has 1 fully saturated rings. The molecule has 2 aliphatic rings. The summed E-state index contributed by atoms with van der Waals surface area (Å²) in [5.74, 6) is 0.597. The highest BCUT2D eigenvalue weighted by atomic mass is 32.2. The van der Waals surface area contributed by atoms with Crippen LogP contribution in [0.4, 0.5) is 0 Å². The van der Waals surface area contributed by atoms with E-state index in [0.717, 1.165) is 32.2 Å². The third-order valence-corrected chi connectivity index (χ3v) is 6.92. The van der Waals surface area contributed by atoms with Crippen molar-refractivity contribution < 1.29 is 8.42 Å². The zero-order chi connectivity index (χ0) is 15.6. The first-order chi connectivity index (χ1) is 10.6. The Bertz CT molecular complexity index is 620. The smallest absolute Gasteiger partial charge is 0.243 e. The Hall–Kier alpha value is -0.910. The van der Waals surface area contributed by atoms with Gasteiger partial charge in [0, 0.05) is 13.1 Å². The van der Waals surface area contributed by atoms with Crippen molar-refractivity contribution in [2.24, 2.45) is 5.92 Å². The van der Waals surface area contributed by atoms with E-state index in [-0.39, 0.29) is 0 Å². The van der Waals surface area contributed by atoms with Crippen molar-refractivity contribution in [1.29, 1.82) is 0 Å². The van der Waals surface area contributed by atoms with E-state index >= 15 is 0 Å². The van der Waals surface area contributed by atoms with Gasteiger partial charge in [-0.25, -0.2) is 8.42 Å². The monoisotopic (exact) mass is 322 g/mol. The number of piperidine rings is 1. The summed E-state index contributed by atoms with van der Waals surface area (Å²) in [7, 11) is -1.37. The minimum Gasteiger partial charge on any atom is -0.319 e. The van der Waals surface area contributed by atoms with Crippen molar-refractivity contribution in [3.63, 3.8) is 0 Å². The van der Waals surface area contributed by atoms with Gasteiger partial charge >= 0.3 is 0 Å². The van der Waals surface area contributed by atoms with Gasteiger partial charge in [0.25, 0.3) is 0 Å². The van der Waals surface area contributed by atoms with Crippen molar-refractivity contribution in [3.05, 3.63) is 29.3 Å². The number of aryl methyl sites for hydroxylation is 2. The summed E-state index contributed by atoms with van der Waals surface area (Å²) in [6.07, 6.45) is 6.40. The highest BCUT2D eigenvalue weighted by Gasteiger charge is 2.29. The molecule has 0 radical (unpaired) electrons. The topological polar surface area (TPSA) is 49.4 Å². The second kappa shape index (κ2) is 6.69. The summed E-state index contributed by atoms with van der Waals surface area (Å²) in [6, 6.07) is 5.75. The van der Waals surface area contributed by atoms with Gasteiger partial charge in [0.2, 0.25) is 10.0 Å². The third-order valence-electron chi connectivity index (χ3n) is 5.02. The fourth-order valence-corrected chi connectivity index (χ4v) is 5.18. The molecule has 1 aliphatic carbocycles. The van der Waals surface area contributed by atoms with Crippen LogP contribution in [0.3, 0.4) is 0 Å². The Labute approximate surface area is 134 Å². The number of nitrogens with one attached hydrogen (secondary N) is 1. The lowest BCUT2D eigenvalue weighted by Crippen LogP contribution is -2.40. The predicted octanol–water partition coefficient (Wildman–Crippen LogP) is 2.19. The van der Waals surface area contributed by atoms with Gasteiger partial charge in [-0.1, -0.05) is 6.07 Å². The molecular weight excluding hydrogens is 296 g/mol. The van der Waals surface area contributed by atoms with E-state index in [2.05, 4.69) is 5.32 Å². The standard InChI is InChI=1S/C17H26N2O2S/c1-18-13-14-8-10-19(11-9-14)22(20,21)17-7-6-15-4-2-3-5-16(15)12-17/h6-7,12,14,18H,2-5,8-11,13H2,1H3. The van der Waals surface area contributed by atoms with Crippen LogP contribution in [-0.2, 0) is 22.9 Å². The van der Waals surface area contributed by atoms with Crippen molar-refractivity contribution >= 4 is 10.0 Å². The maximum absolute atomic E-state index is 12.8. The maximum atomic E-state index is 12.8. The molecule has 0 amide bonds. The Morgan fingerprint density at radius 2 is 1.82 bits per heavy atom. The fourth-order valence-electron chi connectivity index (χ4n) is 3.66. The molecule has 0 spiro atoms. The SMILES string of the molecule is CNCC1CCN(S(=O)(=O)c2ccc3c(c2)CCCC3)CC1. The summed E-state index contributed by atoms with van der Waals surface area (Å²) in [5, 5.41) is 3.19. The van der Waals surface area contributed by atoms with Gasteiger partial charge in [0.05, 0.1) is 4.90 Å². The molecule has 1 saturated heterocycles. The molecular formula is C17H26N2O2S. The first kappa shape index (κ1) is 16.0. The first-order valence-electron chi connectivity index (χ1n) is 8.38. The van der Waals surface area contributed by atoms with Crippen LogP contribution in [-0.4, -0.2) is 39.4 Å². The summed E-state index contributed by atoms with van der Waals surface area (Å²) in [4.78, 5) is 0.486. The Kier molecular flexibility index (Phi) is 4.85. The first-order valence-corrected chi connectivity index (χ1v) is 9.82. The van der Waals surface area contributed by atoms with E-state index in [4.69, 9.17) is 0 Å². The van der Waals surface area contributed by atoms with Gasteiger partial charge in [0.1, 0.15) is 0 Å². The van der Waals surface area contributed by atoms with E-state index in [9.17, 15) is 8.42 Å². The van der Waals surface area contributed by atoms with Crippen LogP contribution in [0.25, 0.3) is 0 Å². The number of hydrogen-bond acceptors (Lipinski definition) is 3. The Balaban J connectivity index is 1.76. The van der Waals surface area contributed by atoms with Crippen LogP contribution < -0.4 is 5.32 Å². The molecule has 1 aromatic rings. The molecule has 122 valence electrons. The minimum atomic E-state index is -3.32. The molecule has 5 heteroatoms. The number of hydrogen-bond donors (Lipinski definition) is 1. The van der Waals surface area contributed by atoms with E-state index in [0.29, 0.717) is 23.9 Å².